The lowest BCUT2D eigenvalue weighted by Crippen LogP contribution is -1.51. The van der Waals surface area contributed by atoms with Gasteiger partial charge >= 0.3 is 0 Å². The molecule has 0 aliphatic carbocycles. The zero-order valence-electron chi connectivity index (χ0n) is 4.61. The molecule has 40 valence electrons. The molecule has 0 saturated carbocycles. The van der Waals surface area contributed by atoms with E-state index >= 15 is 0 Å². The van der Waals surface area contributed by atoms with Crippen LogP contribution in [-0.4, -0.2) is 0 Å². The standard InChI is InChI=1S/C6H9Cl/c1-3-4-5-6(2)7/h3-5H,1-2H3/b4-3+,6-5+. The van der Waals surface area contributed by atoms with Crippen molar-refractivity contribution in [2.24, 2.45) is 0 Å². The van der Waals surface area contributed by atoms with E-state index in [0.29, 0.717) is 0 Å². The normalized spacial score (nSPS) is 13.3. The molecule has 0 radical (unpaired) electrons. The van der Waals surface area contributed by atoms with Crippen molar-refractivity contribution < 1.29 is 0 Å². The third-order valence-corrected chi connectivity index (χ3v) is 0.644. The average Bonchev–Trinajstić information content (AvgIpc) is 1.61. The Morgan fingerprint density at radius 3 is 2.29 bits per heavy atom. The van der Waals surface area contributed by atoms with Gasteiger partial charge in [0, 0.05) is 5.03 Å². The van der Waals surface area contributed by atoms with E-state index in [1.165, 1.54) is 0 Å². The lowest BCUT2D eigenvalue weighted by molar-refractivity contribution is 1.64. The molecule has 0 N–H and O–H groups in total. The molecular formula is C6H9Cl. The van der Waals surface area contributed by atoms with Crippen LogP contribution in [0.15, 0.2) is 23.3 Å². The van der Waals surface area contributed by atoms with E-state index in [-0.39, 0.29) is 0 Å². The number of allylic oxidation sites excluding steroid dienone is 4. The van der Waals surface area contributed by atoms with Crippen LogP contribution in [0.25, 0.3) is 0 Å². The summed E-state index contributed by atoms with van der Waals surface area (Å²) in [6.07, 6.45) is 5.69. The van der Waals surface area contributed by atoms with Crippen molar-refractivity contribution in [3.8, 4) is 0 Å². The Labute approximate surface area is 49.5 Å². The minimum atomic E-state index is 0.818. The van der Waals surface area contributed by atoms with Crippen molar-refractivity contribution in [3.05, 3.63) is 23.3 Å². The van der Waals surface area contributed by atoms with Crippen LogP contribution in [0.3, 0.4) is 0 Å². The number of hydrogen-bond acceptors (Lipinski definition) is 0. The van der Waals surface area contributed by atoms with Crippen molar-refractivity contribution in [1.82, 2.24) is 0 Å². The predicted octanol–water partition coefficient (Wildman–Crippen LogP) is 2.71. The zero-order valence-corrected chi connectivity index (χ0v) is 5.37. The topological polar surface area (TPSA) is 0 Å². The Morgan fingerprint density at radius 1 is 1.57 bits per heavy atom. The number of hydrogen-bond donors (Lipinski definition) is 0. The van der Waals surface area contributed by atoms with Gasteiger partial charge < -0.3 is 0 Å². The second kappa shape index (κ2) is 3.94. The summed E-state index contributed by atoms with van der Waals surface area (Å²) in [6, 6.07) is 0. The Hall–Kier alpha value is -0.230. The Bertz CT molecular complexity index is 86.4. The average molecular weight is 117 g/mol. The number of rotatable bonds is 1. The largest absolute Gasteiger partial charge is 0.0895 e. The molecule has 0 rings (SSSR count). The molecule has 0 aromatic heterocycles. The van der Waals surface area contributed by atoms with Gasteiger partial charge in [0.2, 0.25) is 0 Å². The van der Waals surface area contributed by atoms with Gasteiger partial charge in [-0.1, -0.05) is 23.8 Å². The van der Waals surface area contributed by atoms with Crippen molar-refractivity contribution in [3.63, 3.8) is 0 Å². The molecule has 0 aliphatic rings. The molecule has 0 nitrogen and oxygen atoms in total. The summed E-state index contributed by atoms with van der Waals surface area (Å²) >= 11 is 5.47. The van der Waals surface area contributed by atoms with Gasteiger partial charge in [-0.05, 0) is 19.9 Å². The van der Waals surface area contributed by atoms with E-state index in [1.807, 2.05) is 32.1 Å². The van der Waals surface area contributed by atoms with Crippen LogP contribution in [-0.2, 0) is 0 Å². The maximum Gasteiger partial charge on any atom is 0.0149 e. The van der Waals surface area contributed by atoms with Crippen LogP contribution >= 0.6 is 11.6 Å². The first-order valence-corrected chi connectivity index (χ1v) is 2.60. The van der Waals surface area contributed by atoms with Crippen LogP contribution in [0.4, 0.5) is 0 Å². The van der Waals surface area contributed by atoms with Gasteiger partial charge in [-0.3, -0.25) is 0 Å². The molecular weight excluding hydrogens is 108 g/mol. The van der Waals surface area contributed by atoms with E-state index in [0.717, 1.165) is 5.03 Å². The Morgan fingerprint density at radius 2 is 2.14 bits per heavy atom. The van der Waals surface area contributed by atoms with Crippen molar-refractivity contribution in [2.45, 2.75) is 13.8 Å². The van der Waals surface area contributed by atoms with Crippen molar-refractivity contribution >= 4 is 11.6 Å². The summed E-state index contributed by atoms with van der Waals surface area (Å²) < 4.78 is 0. The molecule has 0 aromatic carbocycles. The van der Waals surface area contributed by atoms with Gasteiger partial charge in [0.25, 0.3) is 0 Å². The Kier molecular flexibility index (Phi) is 3.81. The fourth-order valence-corrected chi connectivity index (χ4v) is 0.302. The molecule has 1 heteroatoms. The van der Waals surface area contributed by atoms with Crippen LogP contribution in [0.2, 0.25) is 0 Å². The van der Waals surface area contributed by atoms with E-state index in [2.05, 4.69) is 0 Å². The molecule has 0 fully saturated rings. The summed E-state index contributed by atoms with van der Waals surface area (Å²) in [7, 11) is 0. The van der Waals surface area contributed by atoms with Gasteiger partial charge in [-0.2, -0.15) is 0 Å². The van der Waals surface area contributed by atoms with Crippen LogP contribution in [0.5, 0.6) is 0 Å². The third-order valence-electron chi connectivity index (χ3n) is 0.518. The summed E-state index contributed by atoms with van der Waals surface area (Å²) in [6.45, 7) is 3.80. The highest BCUT2D eigenvalue weighted by Crippen LogP contribution is 1.96. The highest BCUT2D eigenvalue weighted by atomic mass is 35.5. The maximum absolute atomic E-state index is 5.47. The predicted molar refractivity (Wildman–Crippen MR) is 34.4 cm³/mol. The molecule has 0 bridgehead atoms. The fraction of sp³-hybridized carbons (Fsp3) is 0.333. The molecule has 0 aromatic rings. The van der Waals surface area contributed by atoms with E-state index in [4.69, 9.17) is 11.6 Å². The fourth-order valence-electron chi connectivity index (χ4n) is 0.229. The lowest BCUT2D eigenvalue weighted by Gasteiger charge is -1.74. The smallest absolute Gasteiger partial charge is 0.0149 e. The second-order valence-corrected chi connectivity index (χ2v) is 1.88. The highest BCUT2D eigenvalue weighted by Gasteiger charge is 1.68. The van der Waals surface area contributed by atoms with Gasteiger partial charge in [-0.15, -0.1) is 0 Å². The minimum Gasteiger partial charge on any atom is -0.0895 e. The van der Waals surface area contributed by atoms with Crippen LogP contribution < -0.4 is 0 Å². The molecule has 7 heavy (non-hydrogen) atoms. The number of halogens is 1. The van der Waals surface area contributed by atoms with Crippen LogP contribution in [0.1, 0.15) is 13.8 Å². The maximum atomic E-state index is 5.47. The summed E-state index contributed by atoms with van der Waals surface area (Å²) in [5, 5.41) is 0.818. The SMILES string of the molecule is C/C=C/C=C(\C)Cl. The minimum absolute atomic E-state index is 0.818. The summed E-state index contributed by atoms with van der Waals surface area (Å²) in [5.74, 6) is 0. The van der Waals surface area contributed by atoms with E-state index in [1.54, 1.807) is 0 Å². The third kappa shape index (κ3) is 5.77. The summed E-state index contributed by atoms with van der Waals surface area (Å²) in [4.78, 5) is 0. The molecule has 0 heterocycles. The first kappa shape index (κ1) is 6.77. The first-order valence-electron chi connectivity index (χ1n) is 2.22. The quantitative estimate of drug-likeness (QED) is 0.462. The van der Waals surface area contributed by atoms with E-state index < -0.39 is 0 Å². The molecule has 0 aliphatic heterocycles. The summed E-state index contributed by atoms with van der Waals surface area (Å²) in [5.41, 5.74) is 0. The van der Waals surface area contributed by atoms with Gasteiger partial charge in [-0.25, -0.2) is 0 Å². The first-order chi connectivity index (χ1) is 3.27. The monoisotopic (exact) mass is 116 g/mol. The molecule has 0 saturated heterocycles. The second-order valence-electron chi connectivity index (χ2n) is 1.28. The zero-order chi connectivity index (χ0) is 5.70. The molecule has 0 spiro atoms. The molecule has 0 atom stereocenters. The van der Waals surface area contributed by atoms with Crippen molar-refractivity contribution in [1.29, 1.82) is 0 Å². The van der Waals surface area contributed by atoms with Gasteiger partial charge in [0.1, 0.15) is 0 Å². The van der Waals surface area contributed by atoms with Crippen molar-refractivity contribution in [2.75, 3.05) is 0 Å². The van der Waals surface area contributed by atoms with Crippen LogP contribution in [0, 0.1) is 0 Å². The highest BCUT2D eigenvalue weighted by molar-refractivity contribution is 6.29. The van der Waals surface area contributed by atoms with Gasteiger partial charge in [0.15, 0.2) is 0 Å². The Balaban J connectivity index is 3.46. The van der Waals surface area contributed by atoms with E-state index in [9.17, 15) is 0 Å². The molecule has 0 unspecified atom stereocenters. The molecule has 0 amide bonds. The van der Waals surface area contributed by atoms with Gasteiger partial charge in [0.05, 0.1) is 0 Å². The lowest BCUT2D eigenvalue weighted by atomic mass is 10.5.